The van der Waals surface area contributed by atoms with Crippen molar-refractivity contribution < 1.29 is 9.47 Å². The Hall–Kier alpha value is -1.03. The molecule has 2 rings (SSSR count). The van der Waals surface area contributed by atoms with E-state index in [-0.39, 0.29) is 0 Å². The zero-order chi connectivity index (χ0) is 13.8. The van der Waals surface area contributed by atoms with Crippen LogP contribution in [0.25, 0.3) is 0 Å². The van der Waals surface area contributed by atoms with E-state index in [1.807, 2.05) is 24.3 Å². The molecule has 0 heterocycles. The first-order valence-electron chi connectivity index (χ1n) is 5.49. The molecule has 0 amide bonds. The maximum atomic E-state index is 6.02. The highest BCUT2D eigenvalue weighted by Gasteiger charge is 2.10. The van der Waals surface area contributed by atoms with Gasteiger partial charge < -0.3 is 9.47 Å². The normalized spacial score (nSPS) is 10.3. The summed E-state index contributed by atoms with van der Waals surface area (Å²) in [4.78, 5) is 1.83. The minimum Gasteiger partial charge on any atom is -0.496 e. The number of halogens is 2. The van der Waals surface area contributed by atoms with Crippen molar-refractivity contribution in [1.29, 1.82) is 0 Å². The van der Waals surface area contributed by atoms with Crippen LogP contribution in [0.15, 0.2) is 46.2 Å². The molecule has 0 saturated carbocycles. The van der Waals surface area contributed by atoms with Gasteiger partial charge in [0.15, 0.2) is 0 Å². The summed E-state index contributed by atoms with van der Waals surface area (Å²) in [7, 11) is 3.25. The van der Waals surface area contributed by atoms with Crippen LogP contribution in [0.3, 0.4) is 0 Å². The second-order valence-electron chi connectivity index (χ2n) is 3.69. The van der Waals surface area contributed by atoms with E-state index >= 15 is 0 Å². The Morgan fingerprint density at radius 1 is 0.789 bits per heavy atom. The van der Waals surface area contributed by atoms with Gasteiger partial charge in [0.25, 0.3) is 0 Å². The number of ether oxygens (including phenoxy) is 2. The SMILES string of the molecule is COc1ccc(Cl)cc1Sc1cc(Cl)ccc1OC. The number of methoxy groups -OCH3 is 2. The lowest BCUT2D eigenvalue weighted by Gasteiger charge is -2.11. The molecule has 2 aromatic rings. The minimum atomic E-state index is 0.657. The molecule has 0 unspecified atom stereocenters. The van der Waals surface area contributed by atoms with Crippen LogP contribution in [0.1, 0.15) is 0 Å². The summed E-state index contributed by atoms with van der Waals surface area (Å²) in [5, 5.41) is 1.31. The van der Waals surface area contributed by atoms with Gasteiger partial charge in [-0.25, -0.2) is 0 Å². The van der Waals surface area contributed by atoms with E-state index in [9.17, 15) is 0 Å². The van der Waals surface area contributed by atoms with Gasteiger partial charge in [-0.3, -0.25) is 0 Å². The van der Waals surface area contributed by atoms with E-state index in [0.717, 1.165) is 21.3 Å². The zero-order valence-corrected chi connectivity index (χ0v) is 12.8. The molecule has 0 radical (unpaired) electrons. The maximum absolute atomic E-state index is 6.02. The van der Waals surface area contributed by atoms with E-state index < -0.39 is 0 Å². The van der Waals surface area contributed by atoms with E-state index in [1.54, 1.807) is 26.4 Å². The highest BCUT2D eigenvalue weighted by Crippen LogP contribution is 2.41. The van der Waals surface area contributed by atoms with Crippen molar-refractivity contribution in [3.63, 3.8) is 0 Å². The van der Waals surface area contributed by atoms with Crippen molar-refractivity contribution in [1.82, 2.24) is 0 Å². The summed E-state index contributed by atoms with van der Waals surface area (Å²) >= 11 is 13.5. The summed E-state index contributed by atoms with van der Waals surface area (Å²) in [5.41, 5.74) is 0. The van der Waals surface area contributed by atoms with Crippen LogP contribution in [0, 0.1) is 0 Å². The van der Waals surface area contributed by atoms with E-state index in [4.69, 9.17) is 32.7 Å². The molecule has 0 aromatic heterocycles. The fourth-order valence-electron chi connectivity index (χ4n) is 1.58. The van der Waals surface area contributed by atoms with E-state index in [1.165, 1.54) is 11.8 Å². The van der Waals surface area contributed by atoms with Gasteiger partial charge in [0.05, 0.1) is 24.0 Å². The average Bonchev–Trinajstić information content (AvgIpc) is 2.39. The molecule has 0 aliphatic carbocycles. The Labute approximate surface area is 126 Å². The Kier molecular flexibility index (Phi) is 4.86. The third-order valence-corrected chi connectivity index (χ3v) is 4.02. The molecule has 2 nitrogen and oxygen atoms in total. The average molecular weight is 315 g/mol. The van der Waals surface area contributed by atoms with Gasteiger partial charge in [-0.2, -0.15) is 0 Å². The lowest BCUT2D eigenvalue weighted by atomic mass is 10.3. The molecule has 0 saturated heterocycles. The lowest BCUT2D eigenvalue weighted by Crippen LogP contribution is -1.89. The molecule has 2 aromatic carbocycles. The van der Waals surface area contributed by atoms with Gasteiger partial charge in [-0.1, -0.05) is 35.0 Å². The number of benzene rings is 2. The molecular weight excluding hydrogens is 303 g/mol. The van der Waals surface area contributed by atoms with Crippen LogP contribution in [0.4, 0.5) is 0 Å². The first-order valence-corrected chi connectivity index (χ1v) is 7.06. The maximum Gasteiger partial charge on any atom is 0.132 e. The van der Waals surface area contributed by atoms with Crippen LogP contribution < -0.4 is 9.47 Å². The number of hydrogen-bond donors (Lipinski definition) is 0. The molecule has 0 bridgehead atoms. The second-order valence-corrected chi connectivity index (χ2v) is 5.65. The molecule has 0 spiro atoms. The van der Waals surface area contributed by atoms with Crippen LogP contribution in [0.5, 0.6) is 11.5 Å². The van der Waals surface area contributed by atoms with Crippen molar-refractivity contribution in [2.45, 2.75) is 9.79 Å². The number of rotatable bonds is 4. The summed E-state index contributed by atoms with van der Waals surface area (Å²) in [5.74, 6) is 1.52. The first-order chi connectivity index (χ1) is 9.13. The van der Waals surface area contributed by atoms with E-state index in [2.05, 4.69) is 0 Å². The van der Waals surface area contributed by atoms with E-state index in [0.29, 0.717) is 10.0 Å². The summed E-state index contributed by atoms with van der Waals surface area (Å²) in [6, 6.07) is 11.0. The second kappa shape index (κ2) is 6.42. The summed E-state index contributed by atoms with van der Waals surface area (Å²) in [6.07, 6.45) is 0. The highest BCUT2D eigenvalue weighted by atomic mass is 35.5. The Morgan fingerprint density at radius 3 is 1.58 bits per heavy atom. The topological polar surface area (TPSA) is 18.5 Å². The van der Waals surface area contributed by atoms with Crippen molar-refractivity contribution in [3.8, 4) is 11.5 Å². The predicted octanol–water partition coefficient (Wildman–Crippen LogP) is 5.16. The van der Waals surface area contributed by atoms with Gasteiger partial charge in [-0.15, -0.1) is 0 Å². The molecule has 0 aliphatic heterocycles. The summed E-state index contributed by atoms with van der Waals surface area (Å²) in [6.45, 7) is 0. The third kappa shape index (κ3) is 3.50. The standard InChI is InChI=1S/C14H12Cl2O2S/c1-17-11-5-3-9(15)7-13(11)19-14-8-10(16)4-6-12(14)18-2/h3-8H,1-2H3. The first kappa shape index (κ1) is 14.4. The van der Waals surface area contributed by atoms with Crippen LogP contribution >= 0.6 is 35.0 Å². The molecule has 0 atom stereocenters. The van der Waals surface area contributed by atoms with Crippen LogP contribution in [-0.2, 0) is 0 Å². The van der Waals surface area contributed by atoms with Gasteiger partial charge in [0.1, 0.15) is 11.5 Å². The monoisotopic (exact) mass is 314 g/mol. The quantitative estimate of drug-likeness (QED) is 0.776. The number of hydrogen-bond acceptors (Lipinski definition) is 3. The third-order valence-electron chi connectivity index (χ3n) is 2.47. The van der Waals surface area contributed by atoms with Gasteiger partial charge >= 0.3 is 0 Å². The van der Waals surface area contributed by atoms with Gasteiger partial charge in [0, 0.05) is 10.0 Å². The predicted molar refractivity (Wildman–Crippen MR) is 80.1 cm³/mol. The Balaban J connectivity index is 2.40. The minimum absolute atomic E-state index is 0.657. The highest BCUT2D eigenvalue weighted by molar-refractivity contribution is 7.99. The zero-order valence-electron chi connectivity index (χ0n) is 10.4. The van der Waals surface area contributed by atoms with Crippen molar-refractivity contribution in [2.24, 2.45) is 0 Å². The largest absolute Gasteiger partial charge is 0.496 e. The molecule has 0 aliphatic rings. The van der Waals surface area contributed by atoms with Crippen molar-refractivity contribution >= 4 is 35.0 Å². The fraction of sp³-hybridized carbons (Fsp3) is 0.143. The van der Waals surface area contributed by atoms with Crippen LogP contribution in [0.2, 0.25) is 10.0 Å². The summed E-state index contributed by atoms with van der Waals surface area (Å²) < 4.78 is 10.6. The molecule has 100 valence electrons. The van der Waals surface area contributed by atoms with Crippen LogP contribution in [-0.4, -0.2) is 14.2 Å². The molecule has 0 N–H and O–H groups in total. The van der Waals surface area contributed by atoms with Gasteiger partial charge in [0.2, 0.25) is 0 Å². The smallest absolute Gasteiger partial charge is 0.132 e. The van der Waals surface area contributed by atoms with Crippen molar-refractivity contribution in [3.05, 3.63) is 46.4 Å². The Morgan fingerprint density at radius 2 is 1.21 bits per heavy atom. The molecular formula is C14H12Cl2O2S. The lowest BCUT2D eigenvalue weighted by molar-refractivity contribution is 0.402. The fourth-order valence-corrected chi connectivity index (χ4v) is 3.17. The Bertz CT molecular complexity index is 536. The molecule has 5 heteroatoms. The molecule has 19 heavy (non-hydrogen) atoms. The van der Waals surface area contributed by atoms with Gasteiger partial charge in [-0.05, 0) is 36.4 Å². The van der Waals surface area contributed by atoms with Crippen molar-refractivity contribution in [2.75, 3.05) is 14.2 Å². The molecule has 0 fully saturated rings.